The van der Waals surface area contributed by atoms with Crippen molar-refractivity contribution in [3.63, 3.8) is 0 Å². The van der Waals surface area contributed by atoms with Gasteiger partial charge < -0.3 is 4.74 Å². The lowest BCUT2D eigenvalue weighted by molar-refractivity contribution is -0.143. The van der Waals surface area contributed by atoms with Crippen LogP contribution in [0.15, 0.2) is 144 Å². The number of esters is 1. The number of halogens is 1. The Morgan fingerprint density at radius 3 is 1.81 bits per heavy atom. The topological polar surface area (TPSA) is 60.4 Å². The quantitative estimate of drug-likeness (QED) is 0.127. The van der Waals surface area contributed by atoms with Crippen LogP contribution in [0.1, 0.15) is 78.6 Å². The van der Waals surface area contributed by atoms with E-state index < -0.39 is 11.8 Å². The Kier molecular flexibility index (Phi) is 7.57. The van der Waals surface area contributed by atoms with E-state index in [-0.39, 0.29) is 47.6 Å². The molecule has 5 aromatic rings. The van der Waals surface area contributed by atoms with Crippen molar-refractivity contribution >= 4 is 39.2 Å². The van der Waals surface area contributed by atoms with Crippen LogP contribution < -0.4 is 0 Å². The number of allylic oxidation sites excluding steroid dienone is 1. The molecule has 6 atom stereocenters. The molecule has 1 aliphatic heterocycles. The Hall–Kier alpha value is -4.87. The first kappa shape index (κ1) is 29.5. The minimum atomic E-state index is -0.552. The molecule has 5 heteroatoms. The molecular formula is C42H31BrO4. The minimum Gasteiger partial charge on any atom is -0.426 e. The fraction of sp³-hybridized carbons (Fsp3) is 0.167. The Labute approximate surface area is 282 Å². The summed E-state index contributed by atoms with van der Waals surface area (Å²) in [6.07, 6.45) is 2.28. The van der Waals surface area contributed by atoms with Crippen molar-refractivity contribution in [1.29, 1.82) is 0 Å². The molecule has 0 aromatic heterocycles. The van der Waals surface area contributed by atoms with Crippen molar-refractivity contribution in [3.05, 3.63) is 183 Å². The second kappa shape index (κ2) is 12.1. The zero-order valence-corrected chi connectivity index (χ0v) is 27.0. The molecule has 0 saturated heterocycles. The predicted octanol–water partition coefficient (Wildman–Crippen LogP) is 9.50. The van der Waals surface area contributed by atoms with Crippen molar-refractivity contribution in [3.8, 4) is 0 Å². The maximum Gasteiger partial charge on any atom is 0.315 e. The summed E-state index contributed by atoms with van der Waals surface area (Å²) in [6.45, 7) is 0. The summed E-state index contributed by atoms with van der Waals surface area (Å²) < 4.78 is 7.08. The second-order valence-corrected chi connectivity index (χ2v) is 13.6. The van der Waals surface area contributed by atoms with E-state index in [1.165, 1.54) is 0 Å². The normalized spacial score (nSPS) is 24.0. The molecular weight excluding hydrogens is 648 g/mol. The molecule has 4 nitrogen and oxygen atoms in total. The van der Waals surface area contributed by atoms with Crippen molar-refractivity contribution in [2.75, 3.05) is 0 Å². The van der Waals surface area contributed by atoms with Gasteiger partial charge in [-0.25, -0.2) is 0 Å². The zero-order chi connectivity index (χ0) is 32.1. The van der Waals surface area contributed by atoms with E-state index in [0.29, 0.717) is 16.9 Å². The van der Waals surface area contributed by atoms with Gasteiger partial charge >= 0.3 is 5.97 Å². The summed E-state index contributed by atoms with van der Waals surface area (Å²) in [7, 11) is 0. The monoisotopic (exact) mass is 678 g/mol. The van der Waals surface area contributed by atoms with Gasteiger partial charge in [-0.05, 0) is 40.5 Å². The van der Waals surface area contributed by atoms with Crippen molar-refractivity contribution in [2.24, 2.45) is 11.8 Å². The van der Waals surface area contributed by atoms with E-state index in [9.17, 15) is 14.4 Å². The fourth-order valence-corrected chi connectivity index (χ4v) is 8.56. The molecule has 2 aliphatic carbocycles. The van der Waals surface area contributed by atoms with E-state index in [1.807, 2.05) is 109 Å². The standard InChI is InChI=1S/C42H31BrO4/c43-28-21-19-26(20-22-28)36-24-34-30-16-8-10-18-32(30)38(40(34)42(46)47-36)37-31-17-9-7-15-29(31)33(23-35(44)25-11-3-1-4-12-25)39(37)41(45)27-13-5-2-6-14-27/h1-22,24,33-34,37-40H,23H2/t33-,34-,37?,38+,39+,40-/m1/s1. The van der Waals surface area contributed by atoms with Gasteiger partial charge in [0.25, 0.3) is 0 Å². The summed E-state index contributed by atoms with van der Waals surface area (Å²) in [4.78, 5) is 42.9. The lowest BCUT2D eigenvalue weighted by Crippen LogP contribution is -2.34. The number of fused-ring (bicyclic) bond motifs is 4. The minimum absolute atomic E-state index is 0.000706. The van der Waals surface area contributed by atoms with Crippen molar-refractivity contribution in [2.45, 2.75) is 30.1 Å². The number of benzene rings is 5. The first-order chi connectivity index (χ1) is 23.0. The smallest absolute Gasteiger partial charge is 0.315 e. The van der Waals surface area contributed by atoms with Crippen LogP contribution in [0.25, 0.3) is 5.76 Å². The zero-order valence-electron chi connectivity index (χ0n) is 25.5. The molecule has 0 fully saturated rings. The van der Waals surface area contributed by atoms with Crippen molar-refractivity contribution in [1.82, 2.24) is 0 Å². The maximum atomic E-state index is 14.8. The molecule has 8 rings (SSSR count). The molecule has 0 radical (unpaired) electrons. The average molecular weight is 680 g/mol. The number of ketones is 2. The van der Waals surface area contributed by atoms with Gasteiger partial charge in [0.05, 0.1) is 5.92 Å². The summed E-state index contributed by atoms with van der Waals surface area (Å²) >= 11 is 3.50. The summed E-state index contributed by atoms with van der Waals surface area (Å²) in [6, 6.07) is 42.8. The fourth-order valence-electron chi connectivity index (χ4n) is 8.30. The maximum absolute atomic E-state index is 14.8. The summed E-state index contributed by atoms with van der Waals surface area (Å²) in [5, 5.41) is 0. The Morgan fingerprint density at radius 2 is 1.15 bits per heavy atom. The number of hydrogen-bond acceptors (Lipinski definition) is 4. The Bertz CT molecular complexity index is 2030. The molecule has 0 N–H and O–H groups in total. The van der Waals surface area contributed by atoms with E-state index in [2.05, 4.69) is 46.3 Å². The van der Waals surface area contributed by atoms with Crippen LogP contribution in [0.2, 0.25) is 0 Å². The number of ether oxygens (including phenoxy) is 1. The van der Waals surface area contributed by atoms with Gasteiger partial charge in [-0.3, -0.25) is 14.4 Å². The largest absolute Gasteiger partial charge is 0.426 e. The van der Waals surface area contributed by atoms with E-state index in [4.69, 9.17) is 4.74 Å². The SMILES string of the molecule is O=C(C[C@@H]1c2ccccc2C([C@@H]2c3ccccc3[C@H]3C=C(c4ccc(Br)cc4)OC(=O)[C@H]32)[C@H]1C(=O)c1ccccc1)c1ccccc1. The average Bonchev–Trinajstić information content (AvgIpc) is 3.61. The van der Waals surface area contributed by atoms with E-state index >= 15 is 0 Å². The number of cyclic esters (lactones) is 1. The van der Waals surface area contributed by atoms with Crippen LogP contribution in [0, 0.1) is 11.8 Å². The highest BCUT2D eigenvalue weighted by Crippen LogP contribution is 2.63. The van der Waals surface area contributed by atoms with E-state index in [0.717, 1.165) is 32.3 Å². The first-order valence-corrected chi connectivity index (χ1v) is 16.8. The third kappa shape index (κ3) is 5.10. The summed E-state index contributed by atoms with van der Waals surface area (Å²) in [5.41, 5.74) is 6.26. The number of carbonyl (C=O) groups is 3. The predicted molar refractivity (Wildman–Crippen MR) is 185 cm³/mol. The number of carbonyl (C=O) groups excluding carboxylic acids is 3. The number of rotatable bonds is 7. The lowest BCUT2D eigenvalue weighted by Gasteiger charge is -2.34. The van der Waals surface area contributed by atoms with Gasteiger partial charge in [0.2, 0.25) is 0 Å². The molecule has 0 amide bonds. The lowest BCUT2D eigenvalue weighted by atomic mass is 9.68. The van der Waals surface area contributed by atoms with E-state index in [1.54, 1.807) is 0 Å². The highest BCUT2D eigenvalue weighted by Gasteiger charge is 2.57. The third-order valence-electron chi connectivity index (χ3n) is 10.3. The molecule has 0 saturated carbocycles. The highest BCUT2D eigenvalue weighted by atomic mass is 79.9. The Morgan fingerprint density at radius 1 is 0.596 bits per heavy atom. The second-order valence-electron chi connectivity index (χ2n) is 12.7. The molecule has 0 bridgehead atoms. The van der Waals surface area contributed by atoms with Crippen LogP contribution in [0.3, 0.4) is 0 Å². The van der Waals surface area contributed by atoms with Crippen LogP contribution in [-0.4, -0.2) is 17.5 Å². The molecule has 1 unspecified atom stereocenters. The van der Waals surface area contributed by atoms with Gasteiger partial charge in [0, 0.05) is 57.2 Å². The molecule has 230 valence electrons. The first-order valence-electron chi connectivity index (χ1n) is 16.0. The van der Waals surface area contributed by atoms with Crippen LogP contribution in [0.4, 0.5) is 0 Å². The van der Waals surface area contributed by atoms with Crippen LogP contribution >= 0.6 is 15.9 Å². The van der Waals surface area contributed by atoms with Gasteiger partial charge in [-0.2, -0.15) is 0 Å². The highest BCUT2D eigenvalue weighted by molar-refractivity contribution is 9.10. The molecule has 5 aromatic carbocycles. The molecule has 1 heterocycles. The number of hydrogen-bond donors (Lipinski definition) is 0. The van der Waals surface area contributed by atoms with Gasteiger partial charge in [-0.15, -0.1) is 0 Å². The molecule has 0 spiro atoms. The van der Waals surface area contributed by atoms with Gasteiger partial charge in [0.15, 0.2) is 11.6 Å². The van der Waals surface area contributed by atoms with Gasteiger partial charge in [-0.1, -0.05) is 137 Å². The summed E-state index contributed by atoms with van der Waals surface area (Å²) in [5.74, 6) is -2.02. The third-order valence-corrected chi connectivity index (χ3v) is 10.8. The van der Waals surface area contributed by atoms with Crippen molar-refractivity contribution < 1.29 is 19.1 Å². The van der Waals surface area contributed by atoms with Crippen LogP contribution in [0.5, 0.6) is 0 Å². The Balaban J connectivity index is 1.28. The molecule has 47 heavy (non-hydrogen) atoms. The molecule has 3 aliphatic rings. The van der Waals surface area contributed by atoms with Gasteiger partial charge in [0.1, 0.15) is 5.76 Å². The number of Topliss-reactive ketones (excluding diaryl/α,β-unsaturated/α-hetero) is 2. The van der Waals surface area contributed by atoms with Crippen LogP contribution in [-0.2, 0) is 9.53 Å².